The van der Waals surface area contributed by atoms with E-state index in [1.54, 1.807) is 0 Å². The fourth-order valence-electron chi connectivity index (χ4n) is 2.79. The van der Waals surface area contributed by atoms with E-state index in [2.05, 4.69) is 0 Å². The summed E-state index contributed by atoms with van der Waals surface area (Å²) >= 11 is 0. The van der Waals surface area contributed by atoms with E-state index >= 15 is 0 Å². The summed E-state index contributed by atoms with van der Waals surface area (Å²) in [4.78, 5) is 0. The van der Waals surface area contributed by atoms with Crippen molar-refractivity contribution in [3.63, 3.8) is 0 Å². The van der Waals surface area contributed by atoms with E-state index in [1.165, 1.54) is 25.7 Å². The minimum Gasteiger partial charge on any atom is -0.375 e. The van der Waals surface area contributed by atoms with Gasteiger partial charge in [-0.15, -0.1) is 0 Å². The summed E-state index contributed by atoms with van der Waals surface area (Å²) in [6, 6.07) is 0. The fraction of sp³-hybridized carbons (Fsp3) is 1.00. The molecular weight excluding hydrogens is 152 g/mol. The topological polar surface area (TPSA) is 21.8 Å². The molecule has 12 heavy (non-hydrogen) atoms. The van der Waals surface area contributed by atoms with Gasteiger partial charge in [-0.25, -0.2) is 0 Å². The van der Waals surface area contributed by atoms with Gasteiger partial charge in [-0.3, -0.25) is 0 Å². The summed E-state index contributed by atoms with van der Waals surface area (Å²) < 4.78 is 11.0. The smallest absolute Gasteiger partial charge is 0.104 e. The van der Waals surface area contributed by atoms with E-state index in [0.717, 1.165) is 25.0 Å². The van der Waals surface area contributed by atoms with E-state index in [4.69, 9.17) is 9.47 Å². The molecule has 2 heteroatoms. The van der Waals surface area contributed by atoms with E-state index in [-0.39, 0.29) is 0 Å². The standard InChI is InChI=1S/C10H16O2/c1-2-8-3-7(1)4-10(8)12-6-9-5-11-9/h7-10H,1-6H2. The highest BCUT2D eigenvalue weighted by Gasteiger charge is 2.40. The second-order valence-corrected chi connectivity index (χ2v) is 4.50. The monoisotopic (exact) mass is 168 g/mol. The van der Waals surface area contributed by atoms with Crippen LogP contribution in [0.4, 0.5) is 0 Å². The van der Waals surface area contributed by atoms with Gasteiger partial charge in [0.15, 0.2) is 0 Å². The van der Waals surface area contributed by atoms with Gasteiger partial charge in [-0.05, 0) is 37.5 Å². The van der Waals surface area contributed by atoms with Crippen molar-refractivity contribution in [2.45, 2.75) is 37.9 Å². The van der Waals surface area contributed by atoms with Gasteiger partial charge in [0.1, 0.15) is 6.10 Å². The van der Waals surface area contributed by atoms with Crippen LogP contribution in [0.15, 0.2) is 0 Å². The molecule has 2 bridgehead atoms. The van der Waals surface area contributed by atoms with Gasteiger partial charge >= 0.3 is 0 Å². The molecule has 68 valence electrons. The minimum absolute atomic E-state index is 0.448. The Morgan fingerprint density at radius 3 is 2.75 bits per heavy atom. The molecule has 4 unspecified atom stereocenters. The summed E-state index contributed by atoms with van der Waals surface area (Å²) in [6.07, 6.45) is 6.69. The lowest BCUT2D eigenvalue weighted by molar-refractivity contribution is 0.00870. The molecule has 1 heterocycles. The van der Waals surface area contributed by atoms with Gasteiger partial charge in [0.25, 0.3) is 0 Å². The van der Waals surface area contributed by atoms with Crippen molar-refractivity contribution in [3.8, 4) is 0 Å². The number of epoxide rings is 1. The molecule has 3 fully saturated rings. The van der Waals surface area contributed by atoms with Crippen LogP contribution in [0.1, 0.15) is 25.7 Å². The molecule has 0 spiro atoms. The van der Waals surface area contributed by atoms with E-state index in [0.29, 0.717) is 12.2 Å². The van der Waals surface area contributed by atoms with Crippen molar-refractivity contribution >= 4 is 0 Å². The molecule has 1 saturated heterocycles. The fourth-order valence-corrected chi connectivity index (χ4v) is 2.79. The van der Waals surface area contributed by atoms with Crippen LogP contribution in [-0.4, -0.2) is 25.4 Å². The van der Waals surface area contributed by atoms with Crippen LogP contribution in [0, 0.1) is 11.8 Å². The van der Waals surface area contributed by atoms with E-state index < -0.39 is 0 Å². The number of hydrogen-bond acceptors (Lipinski definition) is 2. The number of hydrogen-bond donors (Lipinski definition) is 0. The Labute approximate surface area is 73.2 Å². The van der Waals surface area contributed by atoms with Crippen LogP contribution in [0.3, 0.4) is 0 Å². The first-order valence-corrected chi connectivity index (χ1v) is 5.15. The molecule has 0 N–H and O–H groups in total. The predicted octanol–water partition coefficient (Wildman–Crippen LogP) is 1.59. The second-order valence-electron chi connectivity index (χ2n) is 4.50. The first-order chi connectivity index (χ1) is 5.92. The summed E-state index contributed by atoms with van der Waals surface area (Å²) in [6.45, 7) is 1.79. The van der Waals surface area contributed by atoms with Gasteiger partial charge in [0, 0.05) is 0 Å². The lowest BCUT2D eigenvalue weighted by atomic mass is 9.98. The summed E-state index contributed by atoms with van der Waals surface area (Å²) in [7, 11) is 0. The third-order valence-electron chi connectivity index (χ3n) is 3.57. The van der Waals surface area contributed by atoms with Crippen LogP contribution in [0.25, 0.3) is 0 Å². The molecule has 2 nitrogen and oxygen atoms in total. The van der Waals surface area contributed by atoms with E-state index in [9.17, 15) is 0 Å². The zero-order valence-electron chi connectivity index (χ0n) is 7.37. The SMILES string of the molecule is C1CC2CC1CC2OCC1CO1. The highest BCUT2D eigenvalue weighted by atomic mass is 16.6. The molecule has 0 radical (unpaired) electrons. The lowest BCUT2D eigenvalue weighted by Crippen LogP contribution is -2.22. The Hall–Kier alpha value is -0.0800. The molecular formula is C10H16O2. The number of ether oxygens (including phenoxy) is 2. The summed E-state index contributed by atoms with van der Waals surface area (Å²) in [5, 5.41) is 0. The van der Waals surface area contributed by atoms with Crippen molar-refractivity contribution in [3.05, 3.63) is 0 Å². The maximum atomic E-state index is 5.84. The highest BCUT2D eigenvalue weighted by Crippen LogP contribution is 2.45. The molecule has 4 atom stereocenters. The molecule has 0 aromatic carbocycles. The van der Waals surface area contributed by atoms with Crippen LogP contribution in [0.2, 0.25) is 0 Å². The zero-order valence-corrected chi connectivity index (χ0v) is 7.37. The Bertz CT molecular complexity index is 177. The van der Waals surface area contributed by atoms with Crippen LogP contribution < -0.4 is 0 Å². The zero-order chi connectivity index (χ0) is 7.97. The second kappa shape index (κ2) is 2.71. The molecule has 3 rings (SSSR count). The Morgan fingerprint density at radius 1 is 1.25 bits per heavy atom. The van der Waals surface area contributed by atoms with Crippen molar-refractivity contribution in [1.82, 2.24) is 0 Å². The lowest BCUT2D eigenvalue weighted by Gasteiger charge is -2.21. The van der Waals surface area contributed by atoms with Gasteiger partial charge in [-0.1, -0.05) is 0 Å². The molecule has 0 aromatic rings. The molecule has 0 aromatic heterocycles. The van der Waals surface area contributed by atoms with Crippen molar-refractivity contribution < 1.29 is 9.47 Å². The van der Waals surface area contributed by atoms with Gasteiger partial charge < -0.3 is 9.47 Å². The van der Waals surface area contributed by atoms with Crippen molar-refractivity contribution in [2.75, 3.05) is 13.2 Å². The Balaban J connectivity index is 1.50. The van der Waals surface area contributed by atoms with Gasteiger partial charge in [0.05, 0.1) is 19.3 Å². The van der Waals surface area contributed by atoms with Crippen LogP contribution in [0.5, 0.6) is 0 Å². The Morgan fingerprint density at radius 2 is 2.17 bits per heavy atom. The average molecular weight is 168 g/mol. The summed E-state index contributed by atoms with van der Waals surface area (Å²) in [5.41, 5.74) is 0. The average Bonchev–Trinajstić information content (AvgIpc) is 2.69. The van der Waals surface area contributed by atoms with Gasteiger partial charge in [-0.2, -0.15) is 0 Å². The Kier molecular flexibility index (Phi) is 1.66. The predicted molar refractivity (Wildman–Crippen MR) is 44.9 cm³/mol. The third-order valence-corrected chi connectivity index (χ3v) is 3.57. The summed E-state index contributed by atoms with van der Waals surface area (Å²) in [5.74, 6) is 1.90. The largest absolute Gasteiger partial charge is 0.375 e. The quantitative estimate of drug-likeness (QED) is 0.597. The number of rotatable bonds is 3. The van der Waals surface area contributed by atoms with Crippen LogP contribution in [-0.2, 0) is 9.47 Å². The normalized spacial score (nSPS) is 50.0. The molecule has 1 aliphatic heterocycles. The molecule has 2 aliphatic carbocycles. The first kappa shape index (κ1) is 7.34. The van der Waals surface area contributed by atoms with Gasteiger partial charge in [0.2, 0.25) is 0 Å². The van der Waals surface area contributed by atoms with E-state index in [1.807, 2.05) is 0 Å². The van der Waals surface area contributed by atoms with Crippen LogP contribution >= 0.6 is 0 Å². The minimum atomic E-state index is 0.448. The molecule has 3 aliphatic rings. The third kappa shape index (κ3) is 1.27. The molecule has 0 amide bonds. The first-order valence-electron chi connectivity index (χ1n) is 5.15. The van der Waals surface area contributed by atoms with Crippen molar-refractivity contribution in [1.29, 1.82) is 0 Å². The maximum absolute atomic E-state index is 5.84. The molecule has 2 saturated carbocycles. The van der Waals surface area contributed by atoms with Crippen molar-refractivity contribution in [2.24, 2.45) is 11.8 Å². The number of fused-ring (bicyclic) bond motifs is 2. The maximum Gasteiger partial charge on any atom is 0.104 e. The highest BCUT2D eigenvalue weighted by molar-refractivity contribution is 4.91.